The Morgan fingerprint density at radius 1 is 0.369 bits per heavy atom. The molecule has 2 aliphatic heterocycles. The van der Waals surface area contributed by atoms with E-state index in [-0.39, 0.29) is 103 Å². The molecular formula is C74H122N8Y2-2. The summed E-state index contributed by atoms with van der Waals surface area (Å²) in [4.78, 5) is 9.69. The molecule has 0 bridgehead atoms. The van der Waals surface area contributed by atoms with Gasteiger partial charge in [0, 0.05) is 65.4 Å². The van der Waals surface area contributed by atoms with Crippen LogP contribution in [0.5, 0.6) is 0 Å². The molecule has 4 N–H and O–H groups in total. The van der Waals surface area contributed by atoms with E-state index in [4.69, 9.17) is 31.7 Å². The van der Waals surface area contributed by atoms with Gasteiger partial charge in [-0.3, -0.25) is 9.98 Å². The third kappa shape index (κ3) is 28.9. The summed E-state index contributed by atoms with van der Waals surface area (Å²) in [5, 5.41) is 14.2. The Kier molecular flexibility index (Phi) is 70.7. The second-order valence-electron chi connectivity index (χ2n) is 15.7. The van der Waals surface area contributed by atoms with Crippen molar-refractivity contribution < 1.29 is 65.4 Å². The molecule has 0 saturated carbocycles. The molecule has 6 aromatic carbocycles. The molecule has 4 atom stereocenters. The SMILES string of the molecule is CC.CC.CC.CC.CC.CC.CC.CC.CC.CC.C[C@@H]1N(C(CN)=NCc2ccccc2)N=C(c2ccccc2)[C@@]1(C)c1ccccc1.C[C@@H]1N(C(CN)=NCc2ccccc2)N=C(c2ccccc2)[C@]1(C)c1ccccc1.[CH3-].[CH3-].[Y].[Y]. The monoisotopic (exact) mass is 1300 g/mol. The van der Waals surface area contributed by atoms with E-state index in [1.54, 1.807) is 0 Å². The van der Waals surface area contributed by atoms with Crippen molar-refractivity contribution in [3.8, 4) is 0 Å². The number of benzene rings is 6. The first-order valence-electron chi connectivity index (χ1n) is 30.8. The first-order chi connectivity index (χ1) is 39.3. The van der Waals surface area contributed by atoms with Gasteiger partial charge in [-0.25, -0.2) is 10.0 Å². The van der Waals surface area contributed by atoms with E-state index < -0.39 is 0 Å². The van der Waals surface area contributed by atoms with Crippen LogP contribution in [-0.2, 0) is 89.3 Å². The van der Waals surface area contributed by atoms with E-state index in [2.05, 4.69) is 161 Å². The van der Waals surface area contributed by atoms with E-state index in [1.165, 1.54) is 11.1 Å². The summed E-state index contributed by atoms with van der Waals surface area (Å²) < 4.78 is 0. The van der Waals surface area contributed by atoms with Crippen LogP contribution in [0.15, 0.2) is 202 Å². The van der Waals surface area contributed by atoms with Gasteiger partial charge >= 0.3 is 0 Å². The van der Waals surface area contributed by atoms with Crippen molar-refractivity contribution in [2.75, 3.05) is 13.1 Å². The predicted molar refractivity (Wildman–Crippen MR) is 376 cm³/mol. The fourth-order valence-electron chi connectivity index (χ4n) is 8.27. The van der Waals surface area contributed by atoms with Crippen LogP contribution in [-0.4, -0.2) is 58.3 Å². The molecule has 2 aliphatic rings. The van der Waals surface area contributed by atoms with Gasteiger partial charge in [0.05, 0.1) is 60.5 Å². The molecule has 0 unspecified atom stereocenters. The average Bonchev–Trinajstić information content (AvgIpc) is 4.01. The van der Waals surface area contributed by atoms with Crippen molar-refractivity contribution in [3.63, 3.8) is 0 Å². The first-order valence-corrected chi connectivity index (χ1v) is 30.8. The average molecular weight is 1300 g/mol. The third-order valence-electron chi connectivity index (χ3n) is 12.1. The Balaban J connectivity index is -0.000000170. The molecule has 2 radical (unpaired) electrons. The Hall–Kier alpha value is -4.27. The summed E-state index contributed by atoms with van der Waals surface area (Å²) in [6, 6.07) is 62.6. The van der Waals surface area contributed by atoms with Crippen molar-refractivity contribution in [1.82, 2.24) is 10.0 Å². The maximum atomic E-state index is 6.15. The molecule has 0 spiro atoms. The van der Waals surface area contributed by atoms with Gasteiger partial charge in [0.1, 0.15) is 11.7 Å². The standard InChI is InChI=1S/2C26H28N4.10C2H6.2CH3.2Y/c2*1-20-26(2,23-16-10-5-11-17-23)25(22-14-8-4-9-15-22)29-30(20)24(18-27)28-19-21-12-6-3-7-13-21;10*1-2;;;;/h2*3-17,20H,18-19,27H2,1-2H3;10*1-2H3;2*1H3;;/q;;;;;;;;;;;;2*-1;;/t20-,26+;20-,26-;;;;;;;;;;;;;;/m00............../s1. The minimum Gasteiger partial charge on any atom is -0.358 e. The Morgan fingerprint density at radius 3 is 0.786 bits per heavy atom. The molecular weight excluding hydrogens is 1180 g/mol. The smallest absolute Gasteiger partial charge is 0.134 e. The fourth-order valence-corrected chi connectivity index (χ4v) is 8.27. The van der Waals surface area contributed by atoms with Gasteiger partial charge in [-0.1, -0.05) is 320 Å². The minimum atomic E-state index is -0.286. The maximum Gasteiger partial charge on any atom is 0.134 e. The summed E-state index contributed by atoms with van der Waals surface area (Å²) in [6.45, 7) is 50.8. The van der Waals surface area contributed by atoms with Crippen LogP contribution in [0.3, 0.4) is 0 Å². The maximum absolute atomic E-state index is 6.15. The van der Waals surface area contributed by atoms with Gasteiger partial charge in [0.15, 0.2) is 0 Å². The van der Waals surface area contributed by atoms with Crippen LogP contribution in [0.2, 0.25) is 0 Å². The molecule has 8 rings (SSSR count). The van der Waals surface area contributed by atoms with Crippen molar-refractivity contribution in [2.24, 2.45) is 31.7 Å². The van der Waals surface area contributed by atoms with Crippen LogP contribution < -0.4 is 11.5 Å². The van der Waals surface area contributed by atoms with Crippen LogP contribution >= 0.6 is 0 Å². The topological polar surface area (TPSA) is 108 Å². The Labute approximate surface area is 570 Å². The third-order valence-corrected chi connectivity index (χ3v) is 12.1. The molecule has 0 aliphatic carbocycles. The van der Waals surface area contributed by atoms with E-state index in [0.717, 1.165) is 45.3 Å². The molecule has 466 valence electrons. The largest absolute Gasteiger partial charge is 0.358 e. The number of nitrogens with zero attached hydrogens (tertiary/aromatic N) is 6. The molecule has 10 heteroatoms. The Morgan fingerprint density at radius 2 is 0.571 bits per heavy atom. The van der Waals surface area contributed by atoms with E-state index in [9.17, 15) is 0 Å². The summed E-state index contributed by atoms with van der Waals surface area (Å²) in [6.07, 6.45) is 0. The van der Waals surface area contributed by atoms with Gasteiger partial charge < -0.3 is 26.3 Å². The molecule has 0 amide bonds. The predicted octanol–water partition coefficient (Wildman–Crippen LogP) is 20.4. The number of hydrogen-bond donors (Lipinski definition) is 2. The van der Waals surface area contributed by atoms with Gasteiger partial charge in [-0.2, -0.15) is 10.2 Å². The van der Waals surface area contributed by atoms with Gasteiger partial charge in [-0.05, 0) is 61.1 Å². The zero-order chi connectivity index (χ0) is 62.0. The second kappa shape index (κ2) is 61.8. The zero-order valence-corrected chi connectivity index (χ0v) is 64.0. The molecule has 8 nitrogen and oxygen atoms in total. The van der Waals surface area contributed by atoms with E-state index >= 15 is 0 Å². The molecule has 6 aromatic rings. The number of hydrogen-bond acceptors (Lipinski definition) is 6. The van der Waals surface area contributed by atoms with Gasteiger partial charge in [0.2, 0.25) is 0 Å². The van der Waals surface area contributed by atoms with Crippen molar-refractivity contribution in [3.05, 3.63) is 230 Å². The molecule has 0 fully saturated rings. The molecule has 0 aromatic heterocycles. The fraction of sp³-hybridized carbons (Fsp3) is 0.432. The first kappa shape index (κ1) is 96.0. The van der Waals surface area contributed by atoms with E-state index in [0.29, 0.717) is 26.2 Å². The molecule has 2 heterocycles. The van der Waals surface area contributed by atoms with Crippen LogP contribution in [0.4, 0.5) is 0 Å². The van der Waals surface area contributed by atoms with Crippen LogP contribution in [0.25, 0.3) is 0 Å². The van der Waals surface area contributed by atoms with Crippen molar-refractivity contribution >= 4 is 23.1 Å². The van der Waals surface area contributed by atoms with Crippen LogP contribution in [0, 0.1) is 14.9 Å². The van der Waals surface area contributed by atoms with Crippen molar-refractivity contribution in [1.29, 1.82) is 0 Å². The second-order valence-corrected chi connectivity index (χ2v) is 15.7. The quantitative estimate of drug-likeness (QED) is 0.0809. The number of aliphatic imine (C=N–C) groups is 2. The number of hydrazone groups is 2. The molecule has 84 heavy (non-hydrogen) atoms. The van der Waals surface area contributed by atoms with E-state index in [1.807, 2.05) is 197 Å². The summed E-state index contributed by atoms with van der Waals surface area (Å²) in [5.41, 5.74) is 20.9. The van der Waals surface area contributed by atoms with Crippen molar-refractivity contribution in [2.45, 2.75) is 202 Å². The summed E-state index contributed by atoms with van der Waals surface area (Å²) in [5.74, 6) is 1.61. The summed E-state index contributed by atoms with van der Waals surface area (Å²) in [7, 11) is 0. The van der Waals surface area contributed by atoms with Crippen LogP contribution in [0.1, 0.15) is 200 Å². The number of amidine groups is 2. The normalized spacial score (nSPS) is 16.1. The summed E-state index contributed by atoms with van der Waals surface area (Å²) >= 11 is 0. The zero-order valence-electron chi connectivity index (χ0n) is 58.3. The minimum absolute atomic E-state index is 0. The van der Waals surface area contributed by atoms with Gasteiger partial charge in [0.25, 0.3) is 0 Å². The van der Waals surface area contributed by atoms with Gasteiger partial charge in [-0.15, -0.1) is 0 Å². The number of nitrogens with two attached hydrogens (primary N) is 2. The molecule has 0 saturated heterocycles. The Bertz CT molecular complexity index is 2250. The number of rotatable bonds is 10.